The van der Waals surface area contributed by atoms with Crippen molar-refractivity contribution in [1.82, 2.24) is 5.01 Å². The first kappa shape index (κ1) is 28.0. The number of amides is 1. The van der Waals surface area contributed by atoms with Gasteiger partial charge in [0, 0.05) is 6.42 Å². The third-order valence-electron chi connectivity index (χ3n) is 5.31. The molecule has 0 bridgehead atoms. The van der Waals surface area contributed by atoms with Gasteiger partial charge < -0.3 is 25.4 Å². The van der Waals surface area contributed by atoms with Crippen LogP contribution in [0.3, 0.4) is 0 Å². The van der Waals surface area contributed by atoms with Crippen molar-refractivity contribution in [3.8, 4) is 0 Å². The molecule has 35 heavy (non-hydrogen) atoms. The summed E-state index contributed by atoms with van der Waals surface area (Å²) in [6.07, 6.45) is 0.740. The predicted molar refractivity (Wildman–Crippen MR) is 131 cm³/mol. The van der Waals surface area contributed by atoms with Crippen LogP contribution in [0.1, 0.15) is 44.7 Å². The SMILES string of the molecule is CC(C)(C)OC(Cc1ccccc1)(N(N)C(=O)OCCCCc1ccccc1)C(O)(O)C(N)=C=O. The smallest absolute Gasteiger partial charge is 0.426 e. The number of nitrogens with two attached hydrogens (primary N) is 2. The van der Waals surface area contributed by atoms with Crippen LogP contribution < -0.4 is 11.6 Å². The number of carbonyl (C=O) groups excluding carboxylic acids is 2. The normalized spacial score (nSPS) is 13.4. The van der Waals surface area contributed by atoms with Crippen molar-refractivity contribution in [2.45, 2.75) is 63.6 Å². The zero-order chi connectivity index (χ0) is 26.1. The number of hydrogen-bond donors (Lipinski definition) is 4. The van der Waals surface area contributed by atoms with Crippen LogP contribution in [0, 0.1) is 0 Å². The third-order valence-corrected chi connectivity index (χ3v) is 5.31. The van der Waals surface area contributed by atoms with Crippen LogP contribution in [0.4, 0.5) is 4.79 Å². The van der Waals surface area contributed by atoms with Crippen molar-refractivity contribution in [3.63, 3.8) is 0 Å². The van der Waals surface area contributed by atoms with E-state index in [9.17, 15) is 19.8 Å². The Morgan fingerprint density at radius 1 is 0.971 bits per heavy atom. The molecule has 0 saturated heterocycles. The minimum atomic E-state index is -3.20. The Morgan fingerprint density at radius 3 is 2.03 bits per heavy atom. The molecular weight excluding hydrogens is 450 g/mol. The van der Waals surface area contributed by atoms with Crippen molar-refractivity contribution in [2.75, 3.05) is 6.61 Å². The molecule has 1 amide bonds. The molecule has 0 heterocycles. The zero-order valence-electron chi connectivity index (χ0n) is 20.4. The molecule has 1 unspecified atom stereocenters. The second-order valence-electron chi connectivity index (χ2n) is 9.28. The van der Waals surface area contributed by atoms with Crippen LogP contribution in [0.2, 0.25) is 0 Å². The van der Waals surface area contributed by atoms with Crippen molar-refractivity contribution in [1.29, 1.82) is 0 Å². The number of hydrazine groups is 1. The Bertz CT molecular complexity index is 1000. The maximum atomic E-state index is 13.0. The maximum absolute atomic E-state index is 13.0. The van der Waals surface area contributed by atoms with E-state index >= 15 is 0 Å². The summed E-state index contributed by atoms with van der Waals surface area (Å²) >= 11 is 0. The van der Waals surface area contributed by atoms with Gasteiger partial charge in [-0.1, -0.05) is 60.7 Å². The molecule has 0 aromatic heterocycles. The lowest BCUT2D eigenvalue weighted by Gasteiger charge is -2.49. The van der Waals surface area contributed by atoms with Gasteiger partial charge in [-0.2, -0.15) is 0 Å². The molecule has 9 nitrogen and oxygen atoms in total. The van der Waals surface area contributed by atoms with Crippen molar-refractivity contribution >= 4 is 12.0 Å². The average molecular weight is 486 g/mol. The standard InChI is InChI=1S/C26H35N3O6/c1-24(2,3)35-25(26(32,33)22(27)19-30,18-21-15-8-5-9-16-21)29(28)23(31)34-17-11-10-14-20-12-6-4-7-13-20/h4-9,12-13,15-16,32-33H,10-11,14,17-18,27-28H2,1-3H3. The topological polar surface area (TPSA) is 148 Å². The van der Waals surface area contributed by atoms with Gasteiger partial charge in [-0.3, -0.25) is 0 Å². The highest BCUT2D eigenvalue weighted by atomic mass is 16.6. The molecule has 0 radical (unpaired) electrons. The Balaban J connectivity index is 2.28. The van der Waals surface area contributed by atoms with Crippen LogP contribution >= 0.6 is 0 Å². The summed E-state index contributed by atoms with van der Waals surface area (Å²) in [4.78, 5) is 24.3. The second-order valence-corrected chi connectivity index (χ2v) is 9.28. The van der Waals surface area contributed by atoms with E-state index in [2.05, 4.69) is 0 Å². The number of nitrogens with zero attached hydrogens (tertiary/aromatic N) is 1. The molecule has 2 aromatic carbocycles. The summed E-state index contributed by atoms with van der Waals surface area (Å²) in [5.41, 5.74) is 2.85. The van der Waals surface area contributed by atoms with Gasteiger partial charge in [0.15, 0.2) is 11.6 Å². The average Bonchev–Trinajstić information content (AvgIpc) is 2.82. The molecule has 9 heteroatoms. The number of hydrogen-bond acceptors (Lipinski definition) is 8. The molecule has 190 valence electrons. The Kier molecular flexibility index (Phi) is 9.59. The lowest BCUT2D eigenvalue weighted by molar-refractivity contribution is -0.339. The van der Waals surface area contributed by atoms with Gasteiger partial charge in [0.25, 0.3) is 5.79 Å². The van der Waals surface area contributed by atoms with Gasteiger partial charge in [0.1, 0.15) is 0 Å². The molecule has 2 rings (SSSR count). The highest BCUT2D eigenvalue weighted by molar-refractivity contribution is 5.68. The molecule has 2 aromatic rings. The van der Waals surface area contributed by atoms with Crippen molar-refractivity contribution < 1.29 is 29.3 Å². The first-order chi connectivity index (χ1) is 16.4. The fourth-order valence-electron chi connectivity index (χ4n) is 3.65. The van der Waals surface area contributed by atoms with Gasteiger partial charge in [0.05, 0.1) is 12.2 Å². The highest BCUT2D eigenvalue weighted by Gasteiger charge is 2.61. The molecule has 6 N–H and O–H groups in total. The Hall–Kier alpha value is -3.20. The molecule has 0 spiro atoms. The largest absolute Gasteiger partial charge is 0.448 e. The zero-order valence-corrected chi connectivity index (χ0v) is 20.4. The lowest BCUT2D eigenvalue weighted by Crippen LogP contribution is -2.73. The monoisotopic (exact) mass is 485 g/mol. The van der Waals surface area contributed by atoms with Crippen LogP contribution in [0.5, 0.6) is 0 Å². The molecular formula is C26H35N3O6. The predicted octanol–water partition coefficient (Wildman–Crippen LogP) is 2.43. The van der Waals surface area contributed by atoms with E-state index in [0.29, 0.717) is 17.0 Å². The van der Waals surface area contributed by atoms with Gasteiger partial charge in [-0.15, -0.1) is 0 Å². The molecule has 1 atom stereocenters. The van der Waals surface area contributed by atoms with E-state index in [4.69, 9.17) is 21.1 Å². The van der Waals surface area contributed by atoms with Crippen LogP contribution in [-0.2, 0) is 27.1 Å². The third kappa shape index (κ3) is 7.39. The van der Waals surface area contributed by atoms with Gasteiger partial charge in [-0.05, 0) is 51.2 Å². The Labute approximate surface area is 205 Å². The summed E-state index contributed by atoms with van der Waals surface area (Å²) in [5, 5.41) is 22.6. The second kappa shape index (κ2) is 12.0. The number of carbonyl (C=O) groups is 1. The van der Waals surface area contributed by atoms with Crippen LogP contribution in [-0.4, -0.2) is 51.0 Å². The molecule has 0 aliphatic heterocycles. The van der Waals surface area contributed by atoms with E-state index in [1.165, 1.54) is 11.5 Å². The minimum Gasteiger partial charge on any atom is -0.448 e. The summed E-state index contributed by atoms with van der Waals surface area (Å²) in [7, 11) is 0. The van der Waals surface area contributed by atoms with Gasteiger partial charge >= 0.3 is 6.09 Å². The van der Waals surface area contributed by atoms with Crippen molar-refractivity contribution in [3.05, 3.63) is 77.5 Å². The van der Waals surface area contributed by atoms with E-state index in [0.717, 1.165) is 12.8 Å². The molecule has 0 aliphatic carbocycles. The first-order valence-electron chi connectivity index (χ1n) is 11.4. The quantitative estimate of drug-likeness (QED) is 0.0947. The number of aliphatic hydroxyl groups is 2. The summed E-state index contributed by atoms with van der Waals surface area (Å²) in [6.45, 7) is 4.93. The van der Waals surface area contributed by atoms with Crippen molar-refractivity contribution in [2.24, 2.45) is 11.6 Å². The minimum absolute atomic E-state index is 0.0408. The first-order valence-corrected chi connectivity index (χ1v) is 11.4. The summed E-state index contributed by atoms with van der Waals surface area (Å²) in [5.74, 6) is 4.24. The number of aryl methyl sites for hydroxylation is 1. The van der Waals surface area contributed by atoms with E-state index in [-0.39, 0.29) is 13.0 Å². The van der Waals surface area contributed by atoms with Gasteiger partial charge in [-0.25, -0.2) is 20.4 Å². The van der Waals surface area contributed by atoms with Crippen LogP contribution in [0.25, 0.3) is 0 Å². The number of rotatable bonds is 11. The summed E-state index contributed by atoms with van der Waals surface area (Å²) in [6, 6.07) is 18.5. The fourth-order valence-corrected chi connectivity index (χ4v) is 3.65. The fraction of sp³-hybridized carbons (Fsp3) is 0.423. The summed E-state index contributed by atoms with van der Waals surface area (Å²) < 4.78 is 11.3. The lowest BCUT2D eigenvalue weighted by atomic mass is 9.90. The van der Waals surface area contributed by atoms with E-state index in [1.807, 2.05) is 30.3 Å². The molecule has 0 aliphatic rings. The maximum Gasteiger partial charge on any atom is 0.426 e. The molecule has 0 fully saturated rings. The van der Waals surface area contributed by atoms with E-state index < -0.39 is 28.9 Å². The van der Waals surface area contributed by atoms with Crippen LogP contribution in [0.15, 0.2) is 66.4 Å². The van der Waals surface area contributed by atoms with Gasteiger partial charge in [0.2, 0.25) is 5.72 Å². The number of benzene rings is 2. The number of ether oxygens (including phenoxy) is 2. The number of unbranched alkanes of at least 4 members (excludes halogenated alkanes) is 1. The highest BCUT2D eigenvalue weighted by Crippen LogP contribution is 2.37. The van der Waals surface area contributed by atoms with E-state index in [1.54, 1.807) is 51.1 Å². The Morgan fingerprint density at radius 2 is 1.51 bits per heavy atom. The molecule has 0 saturated carbocycles.